The smallest absolute Gasteiger partial charge is 0.319 e. The van der Waals surface area contributed by atoms with E-state index in [0.29, 0.717) is 17.4 Å². The van der Waals surface area contributed by atoms with Gasteiger partial charge < -0.3 is 15.5 Å². The number of piperidine rings is 1. The number of carbonyl (C=O) groups excluding carboxylic acids is 1. The number of fused-ring (bicyclic) bond motifs is 2. The van der Waals surface area contributed by atoms with Crippen LogP contribution in [-0.2, 0) is 7.05 Å². The van der Waals surface area contributed by atoms with Crippen molar-refractivity contribution < 1.29 is 4.79 Å². The van der Waals surface area contributed by atoms with E-state index in [-0.39, 0.29) is 12.1 Å². The van der Waals surface area contributed by atoms with Crippen LogP contribution in [0.5, 0.6) is 0 Å². The standard InChI is InChI=1S/C29H25N9O/c1-36-14-21(13-32-36)19-9-23(28-20(10-30)12-33-38(28)15-19)18-7-8-26(31-11-18)37-16-24-25(17-37)27(24)35-29(39)34-22-5-3-2-4-6-22/h2-9,11-15,24-25,27H,16-17H2,1H3,(H2,34,35,39)/t24-,25+,27-. The summed E-state index contributed by atoms with van der Waals surface area (Å²) in [5.41, 5.74) is 5.78. The van der Waals surface area contributed by atoms with E-state index in [9.17, 15) is 10.1 Å². The van der Waals surface area contributed by atoms with Crippen LogP contribution in [0.25, 0.3) is 27.8 Å². The molecule has 10 heteroatoms. The van der Waals surface area contributed by atoms with E-state index in [1.165, 1.54) is 0 Å². The number of hydrogen-bond acceptors (Lipinski definition) is 6. The van der Waals surface area contributed by atoms with Gasteiger partial charge in [-0.2, -0.15) is 15.5 Å². The van der Waals surface area contributed by atoms with Crippen molar-refractivity contribution in [2.24, 2.45) is 18.9 Å². The zero-order chi connectivity index (χ0) is 26.5. The number of pyridine rings is 2. The molecule has 7 rings (SSSR count). The van der Waals surface area contributed by atoms with Gasteiger partial charge in [0.25, 0.3) is 0 Å². The number of benzene rings is 1. The normalized spacial score (nSPS) is 19.5. The van der Waals surface area contributed by atoms with Gasteiger partial charge in [-0.1, -0.05) is 18.2 Å². The Kier molecular flexibility index (Phi) is 5.30. The van der Waals surface area contributed by atoms with Crippen molar-refractivity contribution in [2.75, 3.05) is 23.3 Å². The van der Waals surface area contributed by atoms with Crippen LogP contribution in [0.1, 0.15) is 5.56 Å². The van der Waals surface area contributed by atoms with Crippen molar-refractivity contribution in [2.45, 2.75) is 6.04 Å². The SMILES string of the molecule is Cn1cc(-c2cc(-c3ccc(N4C[C@@H]5[C@H](C4)[C@@H]5NC(=O)Nc4ccccc4)nc3)c3c(C#N)cnn3c2)cn1. The summed E-state index contributed by atoms with van der Waals surface area (Å²) in [6.45, 7) is 1.71. The van der Waals surface area contributed by atoms with Crippen molar-refractivity contribution in [1.29, 1.82) is 5.26 Å². The summed E-state index contributed by atoms with van der Waals surface area (Å²) in [6.07, 6.45) is 9.13. The van der Waals surface area contributed by atoms with Gasteiger partial charge in [-0.3, -0.25) is 4.68 Å². The third-order valence-electron chi connectivity index (χ3n) is 7.68. The number of rotatable bonds is 5. The van der Waals surface area contributed by atoms with Crippen LogP contribution in [0.2, 0.25) is 0 Å². The van der Waals surface area contributed by atoms with E-state index in [1.807, 2.05) is 74.3 Å². The topological polar surface area (TPSA) is 116 Å². The van der Waals surface area contributed by atoms with E-state index in [2.05, 4.69) is 37.9 Å². The molecule has 39 heavy (non-hydrogen) atoms. The van der Waals surface area contributed by atoms with Gasteiger partial charge in [-0.15, -0.1) is 0 Å². The van der Waals surface area contributed by atoms with Crippen LogP contribution in [0, 0.1) is 23.2 Å². The van der Waals surface area contributed by atoms with Crippen molar-refractivity contribution in [3.05, 3.63) is 85.1 Å². The molecule has 4 aromatic heterocycles. The Bertz CT molecular complexity index is 1720. The van der Waals surface area contributed by atoms with Gasteiger partial charge in [-0.05, 0) is 30.3 Å². The predicted molar refractivity (Wildman–Crippen MR) is 147 cm³/mol. The highest BCUT2D eigenvalue weighted by Gasteiger charge is 2.56. The zero-order valence-electron chi connectivity index (χ0n) is 21.2. The van der Waals surface area contributed by atoms with Crippen molar-refractivity contribution >= 4 is 23.1 Å². The number of nitrogens with one attached hydrogen (secondary N) is 2. The van der Waals surface area contributed by atoms with E-state index in [1.54, 1.807) is 15.4 Å². The lowest BCUT2D eigenvalue weighted by Gasteiger charge is -2.21. The quantitative estimate of drug-likeness (QED) is 0.367. The minimum Gasteiger partial charge on any atom is -0.356 e. The number of amides is 2. The fourth-order valence-electron chi connectivity index (χ4n) is 5.65. The van der Waals surface area contributed by atoms with Crippen molar-refractivity contribution in [1.82, 2.24) is 29.7 Å². The second-order valence-electron chi connectivity index (χ2n) is 10.1. The minimum absolute atomic E-state index is 0.161. The Morgan fingerprint density at radius 3 is 2.49 bits per heavy atom. The zero-order valence-corrected chi connectivity index (χ0v) is 21.2. The first-order valence-electron chi connectivity index (χ1n) is 12.8. The molecule has 0 unspecified atom stereocenters. The van der Waals surface area contributed by atoms with Gasteiger partial charge in [-0.25, -0.2) is 14.3 Å². The molecule has 10 nitrogen and oxygen atoms in total. The number of urea groups is 1. The summed E-state index contributed by atoms with van der Waals surface area (Å²) in [6, 6.07) is 17.9. The highest BCUT2D eigenvalue weighted by atomic mass is 16.2. The molecule has 5 heterocycles. The molecule has 2 aliphatic rings. The first kappa shape index (κ1) is 23.0. The molecule has 2 amide bonds. The van der Waals surface area contributed by atoms with Crippen LogP contribution < -0.4 is 15.5 Å². The third kappa shape index (κ3) is 4.14. The number of hydrogen-bond donors (Lipinski definition) is 2. The van der Waals surface area contributed by atoms with Gasteiger partial charge in [0.2, 0.25) is 0 Å². The fraction of sp³-hybridized carbons (Fsp3) is 0.207. The molecule has 1 aromatic carbocycles. The molecule has 2 fully saturated rings. The number of para-hydroxylation sites is 1. The third-order valence-corrected chi connectivity index (χ3v) is 7.68. The summed E-state index contributed by atoms with van der Waals surface area (Å²) >= 11 is 0. The molecule has 1 saturated carbocycles. The Morgan fingerprint density at radius 1 is 0.974 bits per heavy atom. The minimum atomic E-state index is -0.161. The van der Waals surface area contributed by atoms with Gasteiger partial charge in [0, 0.05) is 84.5 Å². The highest BCUT2D eigenvalue weighted by molar-refractivity contribution is 5.90. The highest BCUT2D eigenvalue weighted by Crippen LogP contribution is 2.46. The summed E-state index contributed by atoms with van der Waals surface area (Å²) in [7, 11) is 1.88. The summed E-state index contributed by atoms with van der Waals surface area (Å²) in [5, 5.41) is 24.4. The molecule has 1 saturated heterocycles. The lowest BCUT2D eigenvalue weighted by molar-refractivity contribution is 0.250. The molecule has 5 aromatic rings. The monoisotopic (exact) mass is 515 g/mol. The number of aromatic nitrogens is 5. The van der Waals surface area contributed by atoms with E-state index in [4.69, 9.17) is 4.98 Å². The van der Waals surface area contributed by atoms with Crippen LogP contribution in [0.4, 0.5) is 16.3 Å². The van der Waals surface area contributed by atoms with E-state index < -0.39 is 0 Å². The Balaban J connectivity index is 1.07. The van der Waals surface area contributed by atoms with Gasteiger partial charge >= 0.3 is 6.03 Å². The van der Waals surface area contributed by atoms with Crippen molar-refractivity contribution in [3.63, 3.8) is 0 Å². The molecular weight excluding hydrogens is 490 g/mol. The maximum absolute atomic E-state index is 12.4. The maximum Gasteiger partial charge on any atom is 0.319 e. The first-order chi connectivity index (χ1) is 19.1. The second-order valence-corrected chi connectivity index (χ2v) is 10.1. The number of aryl methyl sites for hydroxylation is 1. The number of nitriles is 1. The summed E-state index contributed by atoms with van der Waals surface area (Å²) in [4.78, 5) is 19.4. The number of nitrogens with zero attached hydrogens (tertiary/aromatic N) is 7. The van der Waals surface area contributed by atoms with Crippen LogP contribution >= 0.6 is 0 Å². The van der Waals surface area contributed by atoms with E-state index in [0.717, 1.165) is 52.4 Å². The Labute approximate surface area is 224 Å². The van der Waals surface area contributed by atoms with Gasteiger partial charge in [0.15, 0.2) is 0 Å². The predicted octanol–water partition coefficient (Wildman–Crippen LogP) is 3.92. The Morgan fingerprint density at radius 2 is 1.79 bits per heavy atom. The average Bonchev–Trinajstić information content (AvgIpc) is 3.41. The van der Waals surface area contributed by atoms with E-state index >= 15 is 0 Å². The number of carbonyl (C=O) groups is 1. The Hall–Kier alpha value is -5.17. The molecule has 1 aliphatic heterocycles. The van der Waals surface area contributed by atoms with Gasteiger partial charge in [0.1, 0.15) is 11.9 Å². The molecule has 0 spiro atoms. The second kappa shape index (κ2) is 8.99. The molecule has 0 radical (unpaired) electrons. The van der Waals surface area contributed by atoms with Crippen LogP contribution in [0.3, 0.4) is 0 Å². The molecule has 2 N–H and O–H groups in total. The summed E-state index contributed by atoms with van der Waals surface area (Å²) < 4.78 is 3.51. The van der Waals surface area contributed by atoms with Crippen molar-refractivity contribution in [3.8, 4) is 28.3 Å². The van der Waals surface area contributed by atoms with Crippen LogP contribution in [0.15, 0.2) is 79.5 Å². The largest absolute Gasteiger partial charge is 0.356 e. The molecule has 192 valence electrons. The number of anilines is 2. The lowest BCUT2D eigenvalue weighted by Crippen LogP contribution is -2.37. The molecule has 0 bridgehead atoms. The van der Waals surface area contributed by atoms with Crippen LogP contribution in [-0.4, -0.2) is 49.5 Å². The lowest BCUT2D eigenvalue weighted by atomic mass is 10.0. The van der Waals surface area contributed by atoms with Gasteiger partial charge in [0.05, 0.1) is 23.5 Å². The summed E-state index contributed by atoms with van der Waals surface area (Å²) in [5.74, 6) is 1.76. The molecule has 1 aliphatic carbocycles. The fourth-order valence-corrected chi connectivity index (χ4v) is 5.65. The molecular formula is C29H25N9O. The average molecular weight is 516 g/mol. The molecule has 3 atom stereocenters. The first-order valence-corrected chi connectivity index (χ1v) is 12.8. The maximum atomic E-state index is 12.4.